The molecule has 0 spiro atoms. The zero-order valence-corrected chi connectivity index (χ0v) is 20.3. The van der Waals surface area contributed by atoms with Gasteiger partial charge in [-0.25, -0.2) is 9.59 Å². The highest BCUT2D eigenvalue weighted by Crippen LogP contribution is 2.31. The van der Waals surface area contributed by atoms with E-state index in [1.165, 1.54) is 0 Å². The van der Waals surface area contributed by atoms with Gasteiger partial charge in [0.15, 0.2) is 25.8 Å². The Morgan fingerprint density at radius 1 is 0.694 bits per heavy atom. The molecule has 2 aromatic rings. The third kappa shape index (κ3) is 6.52. The molecule has 0 aromatic heterocycles. The Bertz CT molecular complexity index is 909. The van der Waals surface area contributed by atoms with Crippen molar-refractivity contribution in [3.8, 4) is 11.5 Å². The Labute approximate surface area is 209 Å². The summed E-state index contributed by atoms with van der Waals surface area (Å²) in [5, 5.41) is 0. The molecular formula is C26H30O10. The number of ether oxygens (including phenoxy) is 8. The van der Waals surface area contributed by atoms with Crippen molar-refractivity contribution >= 4 is 11.9 Å². The van der Waals surface area contributed by atoms with Crippen molar-refractivity contribution in [3.63, 3.8) is 0 Å². The highest BCUT2D eigenvalue weighted by atomic mass is 16.7. The molecule has 10 heteroatoms. The van der Waals surface area contributed by atoms with E-state index in [1.54, 1.807) is 48.5 Å². The molecule has 0 amide bonds. The standard InChI is InChI=1S/C26H30O10/c1-3-29-15-33-19-9-5-17(6-10-19)25(27)35-21-13-31-24-22(14-32-23(21)24)36-26(28)18-7-11-20(12-8-18)34-16-30-4-2/h5-12,21-24H,3-4,13-16H2,1-2H3/t21-,22+,23-,24-/m1/s1. The molecule has 2 aliphatic heterocycles. The summed E-state index contributed by atoms with van der Waals surface area (Å²) in [6.45, 7) is 5.43. The van der Waals surface area contributed by atoms with Gasteiger partial charge in [0.25, 0.3) is 0 Å². The van der Waals surface area contributed by atoms with E-state index in [2.05, 4.69) is 0 Å². The Morgan fingerprint density at radius 2 is 1.08 bits per heavy atom. The molecule has 10 nitrogen and oxygen atoms in total. The monoisotopic (exact) mass is 502 g/mol. The van der Waals surface area contributed by atoms with Gasteiger partial charge in [0, 0.05) is 13.2 Å². The lowest BCUT2D eigenvalue weighted by atomic mass is 10.1. The Hall–Kier alpha value is -3.18. The van der Waals surface area contributed by atoms with Crippen molar-refractivity contribution < 1.29 is 47.5 Å². The minimum absolute atomic E-state index is 0.139. The molecule has 2 fully saturated rings. The summed E-state index contributed by atoms with van der Waals surface area (Å²) in [5.41, 5.74) is 0.744. The second-order valence-electron chi connectivity index (χ2n) is 8.04. The van der Waals surface area contributed by atoms with Crippen LogP contribution in [0.25, 0.3) is 0 Å². The third-order valence-electron chi connectivity index (χ3n) is 5.69. The maximum Gasteiger partial charge on any atom is 0.338 e. The lowest BCUT2D eigenvalue weighted by Gasteiger charge is -2.17. The molecule has 2 heterocycles. The number of benzene rings is 2. The number of hydrogen-bond donors (Lipinski definition) is 0. The van der Waals surface area contributed by atoms with E-state index in [0.29, 0.717) is 35.8 Å². The van der Waals surface area contributed by atoms with Crippen LogP contribution < -0.4 is 9.47 Å². The molecule has 36 heavy (non-hydrogen) atoms. The predicted molar refractivity (Wildman–Crippen MR) is 125 cm³/mol. The Balaban J connectivity index is 1.26. The van der Waals surface area contributed by atoms with Crippen LogP contribution in [0.5, 0.6) is 11.5 Å². The van der Waals surface area contributed by atoms with Gasteiger partial charge in [-0.3, -0.25) is 0 Å². The number of fused-ring (bicyclic) bond motifs is 1. The average molecular weight is 503 g/mol. The van der Waals surface area contributed by atoms with Gasteiger partial charge in [0.05, 0.1) is 24.3 Å². The largest absolute Gasteiger partial charge is 0.468 e. The first-order valence-electron chi connectivity index (χ1n) is 11.9. The molecule has 0 bridgehead atoms. The first-order valence-corrected chi connectivity index (χ1v) is 11.9. The lowest BCUT2D eigenvalue weighted by molar-refractivity contribution is -0.0287. The summed E-state index contributed by atoms with van der Waals surface area (Å²) in [4.78, 5) is 25.2. The Morgan fingerprint density at radius 3 is 1.44 bits per heavy atom. The van der Waals surface area contributed by atoms with Gasteiger partial charge < -0.3 is 37.9 Å². The SMILES string of the molecule is CCOCOc1ccc(C(=O)O[C@H]2CO[C@H]3[C@@H]2OC[C@H]3OC(=O)c2ccc(OCOCC)cc2)cc1. The van der Waals surface area contributed by atoms with Gasteiger partial charge in [0.1, 0.15) is 23.7 Å². The fraction of sp³-hybridized carbons (Fsp3) is 0.462. The molecule has 4 rings (SSSR count). The van der Waals surface area contributed by atoms with E-state index in [9.17, 15) is 9.59 Å². The summed E-state index contributed by atoms with van der Waals surface area (Å²) in [5.74, 6) is 0.161. The predicted octanol–water partition coefficient (Wildman–Crippen LogP) is 2.98. The zero-order chi connectivity index (χ0) is 25.3. The van der Waals surface area contributed by atoms with Gasteiger partial charge in [-0.2, -0.15) is 0 Å². The number of carbonyl (C=O) groups excluding carboxylic acids is 2. The van der Waals surface area contributed by atoms with Gasteiger partial charge in [-0.05, 0) is 62.4 Å². The van der Waals surface area contributed by atoms with Crippen LogP contribution in [-0.2, 0) is 28.4 Å². The molecule has 4 atom stereocenters. The van der Waals surface area contributed by atoms with E-state index in [4.69, 9.17) is 37.9 Å². The van der Waals surface area contributed by atoms with Gasteiger partial charge in [-0.15, -0.1) is 0 Å². The Kier molecular flexibility index (Phi) is 9.12. The van der Waals surface area contributed by atoms with Crippen molar-refractivity contribution in [2.24, 2.45) is 0 Å². The van der Waals surface area contributed by atoms with E-state index in [-0.39, 0.29) is 26.8 Å². The molecule has 0 N–H and O–H groups in total. The van der Waals surface area contributed by atoms with Crippen LogP contribution in [0, 0.1) is 0 Å². The quantitative estimate of drug-likeness (QED) is 0.244. The van der Waals surface area contributed by atoms with Crippen LogP contribution in [0.15, 0.2) is 48.5 Å². The number of esters is 2. The van der Waals surface area contributed by atoms with Crippen molar-refractivity contribution in [3.05, 3.63) is 59.7 Å². The summed E-state index contributed by atoms with van der Waals surface area (Å²) < 4.78 is 43.9. The van der Waals surface area contributed by atoms with Crippen LogP contribution in [0.1, 0.15) is 34.6 Å². The van der Waals surface area contributed by atoms with Crippen LogP contribution >= 0.6 is 0 Å². The number of rotatable bonds is 12. The minimum atomic E-state index is -0.609. The lowest BCUT2D eigenvalue weighted by Crippen LogP contribution is -2.36. The molecule has 0 radical (unpaired) electrons. The smallest absolute Gasteiger partial charge is 0.338 e. The first-order chi connectivity index (χ1) is 17.6. The molecule has 2 aliphatic rings. The van der Waals surface area contributed by atoms with Gasteiger partial charge >= 0.3 is 11.9 Å². The first kappa shape index (κ1) is 25.9. The van der Waals surface area contributed by atoms with Crippen LogP contribution in [0.4, 0.5) is 0 Å². The van der Waals surface area contributed by atoms with Gasteiger partial charge in [0.2, 0.25) is 0 Å². The fourth-order valence-corrected chi connectivity index (χ4v) is 3.80. The van der Waals surface area contributed by atoms with E-state index in [1.807, 2.05) is 13.8 Å². The second kappa shape index (κ2) is 12.7. The number of hydrogen-bond acceptors (Lipinski definition) is 10. The maximum atomic E-state index is 12.6. The second-order valence-corrected chi connectivity index (χ2v) is 8.04. The zero-order valence-electron chi connectivity index (χ0n) is 20.3. The molecular weight excluding hydrogens is 472 g/mol. The van der Waals surface area contributed by atoms with Crippen molar-refractivity contribution in [2.75, 3.05) is 40.0 Å². The molecule has 0 saturated carbocycles. The normalized spacial score (nSPS) is 22.6. The van der Waals surface area contributed by atoms with Crippen LogP contribution in [-0.4, -0.2) is 76.4 Å². The molecule has 0 unspecified atom stereocenters. The summed E-state index contributed by atoms with van der Waals surface area (Å²) in [6, 6.07) is 13.1. The maximum absolute atomic E-state index is 12.6. The van der Waals surface area contributed by atoms with E-state index in [0.717, 1.165) is 0 Å². The summed E-state index contributed by atoms with van der Waals surface area (Å²) in [7, 11) is 0. The highest BCUT2D eigenvalue weighted by molar-refractivity contribution is 5.90. The fourth-order valence-electron chi connectivity index (χ4n) is 3.80. The topological polar surface area (TPSA) is 108 Å². The molecule has 2 aromatic carbocycles. The third-order valence-corrected chi connectivity index (χ3v) is 5.69. The number of carbonyl (C=O) groups is 2. The minimum Gasteiger partial charge on any atom is -0.468 e. The summed E-state index contributed by atoms with van der Waals surface area (Å²) in [6.07, 6.45) is -2.26. The van der Waals surface area contributed by atoms with Crippen LogP contribution in [0.3, 0.4) is 0 Å². The van der Waals surface area contributed by atoms with E-state index < -0.39 is 36.4 Å². The average Bonchev–Trinajstić information content (AvgIpc) is 3.48. The van der Waals surface area contributed by atoms with Crippen molar-refractivity contribution in [1.82, 2.24) is 0 Å². The van der Waals surface area contributed by atoms with Crippen LogP contribution in [0.2, 0.25) is 0 Å². The van der Waals surface area contributed by atoms with Gasteiger partial charge in [-0.1, -0.05) is 0 Å². The van der Waals surface area contributed by atoms with Crippen molar-refractivity contribution in [1.29, 1.82) is 0 Å². The highest BCUT2D eigenvalue weighted by Gasteiger charge is 2.51. The molecule has 0 aliphatic carbocycles. The molecule has 2 saturated heterocycles. The van der Waals surface area contributed by atoms with E-state index >= 15 is 0 Å². The van der Waals surface area contributed by atoms with Crippen molar-refractivity contribution in [2.45, 2.75) is 38.3 Å². The summed E-state index contributed by atoms with van der Waals surface area (Å²) >= 11 is 0. The molecule has 194 valence electrons.